The Morgan fingerprint density at radius 3 is 2.81 bits per heavy atom. The number of para-hydroxylation sites is 1. The molecule has 3 rings (SSSR count). The molecule has 21 heavy (non-hydrogen) atoms. The SMILES string of the molecule is N#Cc1ccc(-c2nc(CCOc3ccccc3)no2)s1. The molecule has 0 bridgehead atoms. The fraction of sp³-hybridized carbons (Fsp3) is 0.133. The van der Waals surface area contributed by atoms with Crippen LogP contribution in [-0.4, -0.2) is 16.7 Å². The number of thiophene rings is 1. The van der Waals surface area contributed by atoms with Crippen molar-refractivity contribution in [2.45, 2.75) is 6.42 Å². The van der Waals surface area contributed by atoms with Crippen LogP contribution in [0, 0.1) is 11.3 Å². The van der Waals surface area contributed by atoms with Crippen LogP contribution in [0.25, 0.3) is 10.8 Å². The minimum Gasteiger partial charge on any atom is -0.493 e. The van der Waals surface area contributed by atoms with Gasteiger partial charge >= 0.3 is 0 Å². The standard InChI is InChI=1S/C15H11N3O2S/c16-10-12-6-7-13(21-12)15-17-14(18-20-15)8-9-19-11-4-2-1-3-5-11/h1-7H,8-9H2. The summed E-state index contributed by atoms with van der Waals surface area (Å²) in [6.07, 6.45) is 0.564. The molecular formula is C15H11N3O2S. The maximum Gasteiger partial charge on any atom is 0.268 e. The molecular weight excluding hydrogens is 286 g/mol. The van der Waals surface area contributed by atoms with Crippen LogP contribution in [0.4, 0.5) is 0 Å². The maximum absolute atomic E-state index is 8.80. The first-order chi connectivity index (χ1) is 10.3. The van der Waals surface area contributed by atoms with Gasteiger partial charge in [-0.2, -0.15) is 10.2 Å². The molecule has 0 saturated heterocycles. The summed E-state index contributed by atoms with van der Waals surface area (Å²) in [5, 5.41) is 12.7. The first-order valence-electron chi connectivity index (χ1n) is 6.36. The van der Waals surface area contributed by atoms with Crippen molar-refractivity contribution in [3.63, 3.8) is 0 Å². The van der Waals surface area contributed by atoms with Crippen LogP contribution < -0.4 is 4.74 Å². The summed E-state index contributed by atoms with van der Waals surface area (Å²) in [6.45, 7) is 0.483. The van der Waals surface area contributed by atoms with Gasteiger partial charge in [-0.25, -0.2) is 0 Å². The number of nitrogens with zero attached hydrogens (tertiary/aromatic N) is 3. The molecule has 1 aromatic carbocycles. The number of nitriles is 1. The Hall–Kier alpha value is -2.65. The second kappa shape index (κ2) is 6.20. The normalized spacial score (nSPS) is 10.2. The number of rotatable bonds is 5. The van der Waals surface area contributed by atoms with Gasteiger partial charge in [-0.3, -0.25) is 0 Å². The Labute approximate surface area is 125 Å². The van der Waals surface area contributed by atoms with Gasteiger partial charge in [-0.15, -0.1) is 11.3 Å². The quantitative estimate of drug-likeness (QED) is 0.722. The molecule has 2 heterocycles. The van der Waals surface area contributed by atoms with Gasteiger partial charge in [0.2, 0.25) is 0 Å². The predicted molar refractivity (Wildman–Crippen MR) is 78.0 cm³/mol. The number of benzene rings is 1. The van der Waals surface area contributed by atoms with E-state index in [1.165, 1.54) is 11.3 Å². The zero-order valence-corrected chi connectivity index (χ0v) is 11.8. The molecule has 6 heteroatoms. The number of ether oxygens (including phenoxy) is 1. The van der Waals surface area contributed by atoms with Crippen LogP contribution in [-0.2, 0) is 6.42 Å². The highest BCUT2D eigenvalue weighted by Crippen LogP contribution is 2.26. The lowest BCUT2D eigenvalue weighted by Crippen LogP contribution is -2.02. The van der Waals surface area contributed by atoms with Gasteiger partial charge in [-0.05, 0) is 24.3 Å². The topological polar surface area (TPSA) is 71.9 Å². The van der Waals surface area contributed by atoms with E-state index in [9.17, 15) is 0 Å². The lowest BCUT2D eigenvalue weighted by Gasteiger charge is -2.02. The predicted octanol–water partition coefficient (Wildman–Crippen LogP) is 3.29. The number of aromatic nitrogens is 2. The van der Waals surface area contributed by atoms with E-state index in [-0.39, 0.29) is 0 Å². The van der Waals surface area contributed by atoms with E-state index in [0.717, 1.165) is 10.6 Å². The molecule has 5 nitrogen and oxygen atoms in total. The third-order valence-electron chi connectivity index (χ3n) is 2.73. The smallest absolute Gasteiger partial charge is 0.268 e. The summed E-state index contributed by atoms with van der Waals surface area (Å²) in [5.41, 5.74) is 0. The molecule has 0 fully saturated rings. The third-order valence-corrected chi connectivity index (χ3v) is 3.71. The number of hydrogen-bond donors (Lipinski definition) is 0. The maximum atomic E-state index is 8.80. The Bertz CT molecular complexity index is 759. The minimum atomic E-state index is 0.441. The zero-order valence-electron chi connectivity index (χ0n) is 11.0. The van der Waals surface area contributed by atoms with Gasteiger partial charge in [0.05, 0.1) is 11.5 Å². The fourth-order valence-corrected chi connectivity index (χ4v) is 2.47. The van der Waals surface area contributed by atoms with Gasteiger partial charge in [0.1, 0.15) is 16.7 Å². The van der Waals surface area contributed by atoms with Crippen molar-refractivity contribution in [2.75, 3.05) is 6.61 Å². The second-order valence-corrected chi connectivity index (χ2v) is 5.29. The van der Waals surface area contributed by atoms with E-state index in [2.05, 4.69) is 16.2 Å². The van der Waals surface area contributed by atoms with Gasteiger partial charge in [0.25, 0.3) is 5.89 Å². The van der Waals surface area contributed by atoms with E-state index in [0.29, 0.717) is 29.6 Å². The molecule has 104 valence electrons. The lowest BCUT2D eigenvalue weighted by molar-refractivity contribution is 0.315. The van der Waals surface area contributed by atoms with Crippen LogP contribution in [0.2, 0.25) is 0 Å². The van der Waals surface area contributed by atoms with Crippen LogP contribution in [0.3, 0.4) is 0 Å². The molecule has 2 aromatic heterocycles. The van der Waals surface area contributed by atoms with Crippen LogP contribution >= 0.6 is 11.3 Å². The fourth-order valence-electron chi connectivity index (χ4n) is 1.75. The first kappa shape index (κ1) is 13.3. The van der Waals surface area contributed by atoms with E-state index < -0.39 is 0 Å². The minimum absolute atomic E-state index is 0.441. The average molecular weight is 297 g/mol. The Morgan fingerprint density at radius 2 is 2.05 bits per heavy atom. The van der Waals surface area contributed by atoms with Gasteiger partial charge < -0.3 is 9.26 Å². The summed E-state index contributed by atoms with van der Waals surface area (Å²) < 4.78 is 10.8. The molecule has 3 aromatic rings. The summed E-state index contributed by atoms with van der Waals surface area (Å²) in [7, 11) is 0. The number of hydrogen-bond acceptors (Lipinski definition) is 6. The Balaban J connectivity index is 1.59. The summed E-state index contributed by atoms with van der Waals surface area (Å²) in [6, 6.07) is 15.2. The first-order valence-corrected chi connectivity index (χ1v) is 7.17. The van der Waals surface area contributed by atoms with E-state index in [1.807, 2.05) is 30.3 Å². The van der Waals surface area contributed by atoms with E-state index in [4.69, 9.17) is 14.5 Å². The second-order valence-electron chi connectivity index (χ2n) is 4.20. The molecule has 0 spiro atoms. The van der Waals surface area contributed by atoms with Crippen LogP contribution in [0.15, 0.2) is 47.0 Å². The van der Waals surface area contributed by atoms with E-state index >= 15 is 0 Å². The molecule has 0 amide bonds. The average Bonchev–Trinajstić information content (AvgIpc) is 3.17. The van der Waals surface area contributed by atoms with Crippen molar-refractivity contribution in [3.05, 3.63) is 53.2 Å². The van der Waals surface area contributed by atoms with Crippen molar-refractivity contribution in [2.24, 2.45) is 0 Å². The van der Waals surface area contributed by atoms with Crippen LogP contribution in [0.5, 0.6) is 5.75 Å². The van der Waals surface area contributed by atoms with Crippen molar-refractivity contribution >= 4 is 11.3 Å². The molecule has 0 atom stereocenters. The van der Waals surface area contributed by atoms with Crippen molar-refractivity contribution < 1.29 is 9.26 Å². The highest BCUT2D eigenvalue weighted by molar-refractivity contribution is 7.15. The van der Waals surface area contributed by atoms with Crippen molar-refractivity contribution in [1.82, 2.24) is 10.1 Å². The third kappa shape index (κ3) is 3.27. The molecule has 0 unspecified atom stereocenters. The highest BCUT2D eigenvalue weighted by Gasteiger charge is 2.11. The summed E-state index contributed by atoms with van der Waals surface area (Å²) in [4.78, 5) is 5.73. The van der Waals surface area contributed by atoms with E-state index in [1.54, 1.807) is 12.1 Å². The Kier molecular flexibility index (Phi) is 3.94. The molecule has 0 N–H and O–H groups in total. The van der Waals surface area contributed by atoms with Crippen LogP contribution in [0.1, 0.15) is 10.7 Å². The molecule has 0 radical (unpaired) electrons. The molecule has 0 aliphatic heterocycles. The largest absolute Gasteiger partial charge is 0.493 e. The molecule has 0 saturated carbocycles. The molecule has 0 aliphatic carbocycles. The highest BCUT2D eigenvalue weighted by atomic mass is 32.1. The molecule has 0 aliphatic rings. The monoisotopic (exact) mass is 297 g/mol. The lowest BCUT2D eigenvalue weighted by atomic mass is 10.3. The zero-order chi connectivity index (χ0) is 14.5. The Morgan fingerprint density at radius 1 is 1.19 bits per heavy atom. The summed E-state index contributed by atoms with van der Waals surface area (Å²) in [5.74, 6) is 1.85. The van der Waals surface area contributed by atoms with Gasteiger partial charge in [-0.1, -0.05) is 23.4 Å². The van der Waals surface area contributed by atoms with Crippen molar-refractivity contribution in [1.29, 1.82) is 5.26 Å². The van der Waals surface area contributed by atoms with Gasteiger partial charge in [0.15, 0.2) is 5.82 Å². The van der Waals surface area contributed by atoms with Crippen molar-refractivity contribution in [3.8, 4) is 22.6 Å². The van der Waals surface area contributed by atoms with Gasteiger partial charge in [0, 0.05) is 6.42 Å². The summed E-state index contributed by atoms with van der Waals surface area (Å²) >= 11 is 1.33.